The van der Waals surface area contributed by atoms with Gasteiger partial charge in [0.1, 0.15) is 0 Å². The first-order valence-corrected chi connectivity index (χ1v) is 3.78. The van der Waals surface area contributed by atoms with Crippen molar-refractivity contribution in [2.45, 2.75) is 0 Å². The predicted octanol–water partition coefficient (Wildman–Crippen LogP) is 1.72. The number of hydrogen-bond donors (Lipinski definition) is 0. The van der Waals surface area contributed by atoms with E-state index in [0.717, 1.165) is 5.69 Å². The van der Waals surface area contributed by atoms with Crippen molar-refractivity contribution in [1.29, 1.82) is 0 Å². The van der Waals surface area contributed by atoms with Crippen LogP contribution in [0.2, 0.25) is 5.02 Å². The molecule has 1 radical (unpaired) electrons. The van der Waals surface area contributed by atoms with Crippen molar-refractivity contribution in [2.24, 2.45) is 0 Å². The van der Waals surface area contributed by atoms with Gasteiger partial charge < -0.3 is 0 Å². The van der Waals surface area contributed by atoms with Crippen LogP contribution in [0, 0.1) is 6.07 Å². The monoisotopic (exact) mass is 178 g/mol. The van der Waals surface area contributed by atoms with Gasteiger partial charge in [0, 0.05) is 6.07 Å². The molecule has 1 aromatic carbocycles. The van der Waals surface area contributed by atoms with Crippen molar-refractivity contribution >= 4 is 11.6 Å². The smallest absolute Gasteiger partial charge is 0.0951 e. The number of benzene rings is 1. The Labute approximate surface area is 74.6 Å². The van der Waals surface area contributed by atoms with Crippen LogP contribution in [-0.2, 0) is 0 Å². The molecule has 59 valence electrons. The molecular weight excluding hydrogens is 174 g/mol. The largest absolute Gasteiger partial charge is 0.157 e. The van der Waals surface area contributed by atoms with Crippen molar-refractivity contribution in [2.75, 3.05) is 0 Å². The first-order chi connectivity index (χ1) is 5.86. The van der Waals surface area contributed by atoms with E-state index in [0.29, 0.717) is 5.02 Å². The number of aromatic nitrogens is 3. The maximum atomic E-state index is 5.74. The molecule has 0 fully saturated rings. The summed E-state index contributed by atoms with van der Waals surface area (Å²) in [5.74, 6) is 0. The Morgan fingerprint density at radius 3 is 2.67 bits per heavy atom. The zero-order valence-electron chi connectivity index (χ0n) is 6.11. The summed E-state index contributed by atoms with van der Waals surface area (Å²) in [6.45, 7) is 0. The second kappa shape index (κ2) is 2.95. The minimum atomic E-state index is 0.560. The summed E-state index contributed by atoms with van der Waals surface area (Å²) >= 11 is 5.74. The molecule has 0 atom stereocenters. The number of nitrogens with zero attached hydrogens (tertiary/aromatic N) is 3. The molecule has 1 heterocycles. The van der Waals surface area contributed by atoms with Crippen molar-refractivity contribution < 1.29 is 0 Å². The molecule has 0 spiro atoms. The maximum absolute atomic E-state index is 5.74. The normalized spacial score (nSPS) is 10.1. The predicted molar refractivity (Wildman–Crippen MR) is 45.2 cm³/mol. The molecule has 0 saturated heterocycles. The lowest BCUT2D eigenvalue weighted by Gasteiger charge is -1.97. The molecule has 0 unspecified atom stereocenters. The van der Waals surface area contributed by atoms with Gasteiger partial charge in [-0.05, 0) is 12.1 Å². The highest BCUT2D eigenvalue weighted by molar-refractivity contribution is 6.30. The zero-order chi connectivity index (χ0) is 8.39. The molecule has 0 aliphatic carbocycles. The van der Waals surface area contributed by atoms with E-state index >= 15 is 0 Å². The van der Waals surface area contributed by atoms with Gasteiger partial charge in [-0.1, -0.05) is 17.7 Å². The average Bonchev–Trinajstić information content (AvgIpc) is 2.56. The van der Waals surface area contributed by atoms with Crippen LogP contribution in [0.5, 0.6) is 0 Å². The molecule has 0 aliphatic heterocycles. The van der Waals surface area contributed by atoms with Gasteiger partial charge in [0.05, 0.1) is 23.1 Å². The lowest BCUT2D eigenvalue weighted by atomic mass is 10.3. The molecule has 3 nitrogen and oxygen atoms in total. The van der Waals surface area contributed by atoms with Crippen LogP contribution in [0.3, 0.4) is 0 Å². The quantitative estimate of drug-likeness (QED) is 0.666. The summed E-state index contributed by atoms with van der Waals surface area (Å²) in [4.78, 5) is 1.46. The second-order valence-electron chi connectivity index (χ2n) is 2.20. The van der Waals surface area contributed by atoms with Crippen molar-refractivity contribution in [3.63, 3.8) is 0 Å². The molecule has 2 rings (SSSR count). The molecule has 0 bridgehead atoms. The lowest BCUT2D eigenvalue weighted by Crippen LogP contribution is -1.97. The third-order valence-corrected chi connectivity index (χ3v) is 1.60. The van der Waals surface area contributed by atoms with E-state index in [1.807, 2.05) is 12.1 Å². The Morgan fingerprint density at radius 2 is 2.00 bits per heavy atom. The molecule has 0 amide bonds. The van der Waals surface area contributed by atoms with Gasteiger partial charge in [0.25, 0.3) is 0 Å². The van der Waals surface area contributed by atoms with Crippen LogP contribution in [0.25, 0.3) is 5.69 Å². The van der Waals surface area contributed by atoms with Crippen LogP contribution >= 0.6 is 11.6 Å². The Balaban J connectivity index is 2.48. The van der Waals surface area contributed by atoms with E-state index in [4.69, 9.17) is 11.6 Å². The maximum Gasteiger partial charge on any atom is 0.0951 e. The van der Waals surface area contributed by atoms with E-state index in [2.05, 4.69) is 16.3 Å². The van der Waals surface area contributed by atoms with Gasteiger partial charge >= 0.3 is 0 Å². The van der Waals surface area contributed by atoms with E-state index in [1.54, 1.807) is 18.5 Å². The molecule has 0 N–H and O–H groups in total. The van der Waals surface area contributed by atoms with Gasteiger partial charge in [-0.2, -0.15) is 15.0 Å². The third kappa shape index (κ3) is 1.31. The number of rotatable bonds is 1. The molecule has 0 saturated carbocycles. The average molecular weight is 179 g/mol. The Bertz CT molecular complexity index is 370. The Morgan fingerprint density at radius 1 is 1.25 bits per heavy atom. The fourth-order valence-corrected chi connectivity index (χ4v) is 1.06. The summed E-state index contributed by atoms with van der Waals surface area (Å²) in [5.41, 5.74) is 0.743. The van der Waals surface area contributed by atoms with Crippen molar-refractivity contribution in [3.8, 4) is 5.69 Å². The van der Waals surface area contributed by atoms with Gasteiger partial charge in [-0.15, -0.1) is 0 Å². The summed E-state index contributed by atoms with van der Waals surface area (Å²) in [6.07, 6.45) is 3.21. The van der Waals surface area contributed by atoms with E-state index < -0.39 is 0 Å². The summed E-state index contributed by atoms with van der Waals surface area (Å²) in [5, 5.41) is 8.45. The highest BCUT2D eigenvalue weighted by atomic mass is 35.5. The first kappa shape index (κ1) is 7.31. The highest BCUT2D eigenvalue weighted by Gasteiger charge is 1.97. The summed E-state index contributed by atoms with van der Waals surface area (Å²) in [7, 11) is 0. The molecule has 4 heteroatoms. The second-order valence-corrected chi connectivity index (χ2v) is 2.61. The van der Waals surface area contributed by atoms with Gasteiger partial charge in [-0.3, -0.25) is 0 Å². The molecule has 2 aromatic rings. The van der Waals surface area contributed by atoms with Gasteiger partial charge in [0.15, 0.2) is 0 Å². The minimum absolute atomic E-state index is 0.560. The van der Waals surface area contributed by atoms with Crippen molar-refractivity contribution in [3.05, 3.63) is 41.7 Å². The molecular formula is C8H5ClN3. The highest BCUT2D eigenvalue weighted by Crippen LogP contribution is 2.11. The zero-order valence-corrected chi connectivity index (χ0v) is 6.86. The lowest BCUT2D eigenvalue weighted by molar-refractivity contribution is 0.751. The van der Waals surface area contributed by atoms with Crippen LogP contribution in [0.15, 0.2) is 30.6 Å². The van der Waals surface area contributed by atoms with Crippen molar-refractivity contribution in [1.82, 2.24) is 15.0 Å². The fraction of sp³-hybridized carbons (Fsp3) is 0. The standard InChI is InChI=1S/C8H5ClN3/c9-7-2-1-3-8(6-7)12-10-4-5-11-12/h1-5H. The van der Waals surface area contributed by atoms with E-state index in [-0.39, 0.29) is 0 Å². The van der Waals surface area contributed by atoms with Crippen LogP contribution in [-0.4, -0.2) is 15.0 Å². The fourth-order valence-electron chi connectivity index (χ4n) is 0.886. The Hall–Kier alpha value is -1.35. The Kier molecular flexibility index (Phi) is 1.80. The molecule has 12 heavy (non-hydrogen) atoms. The van der Waals surface area contributed by atoms with E-state index in [9.17, 15) is 0 Å². The van der Waals surface area contributed by atoms with Gasteiger partial charge in [0.2, 0.25) is 0 Å². The van der Waals surface area contributed by atoms with Crippen LogP contribution in [0.4, 0.5) is 0 Å². The third-order valence-electron chi connectivity index (χ3n) is 1.38. The number of hydrogen-bond acceptors (Lipinski definition) is 2. The SMILES string of the molecule is Clc1[c]c(-n2nccn2)ccc1. The van der Waals surface area contributed by atoms with Gasteiger partial charge in [-0.25, -0.2) is 0 Å². The number of halogens is 1. The van der Waals surface area contributed by atoms with Crippen LogP contribution in [0.1, 0.15) is 0 Å². The molecule has 1 aromatic heterocycles. The molecule has 0 aliphatic rings. The van der Waals surface area contributed by atoms with E-state index in [1.165, 1.54) is 4.80 Å². The van der Waals surface area contributed by atoms with Crippen LogP contribution < -0.4 is 0 Å². The summed E-state index contributed by atoms with van der Waals surface area (Å²) in [6, 6.07) is 8.34. The first-order valence-electron chi connectivity index (χ1n) is 3.41. The minimum Gasteiger partial charge on any atom is -0.157 e. The summed E-state index contributed by atoms with van der Waals surface area (Å²) < 4.78 is 0. The topological polar surface area (TPSA) is 30.7 Å².